The van der Waals surface area contributed by atoms with Gasteiger partial charge in [-0.15, -0.1) is 0 Å². The van der Waals surface area contributed by atoms with Crippen molar-refractivity contribution in [1.82, 2.24) is 9.29 Å². The number of hydrogen-bond donors (Lipinski definition) is 0. The van der Waals surface area contributed by atoms with Crippen molar-refractivity contribution in [3.05, 3.63) is 24.0 Å². The molecule has 0 aromatic carbocycles. The first-order chi connectivity index (χ1) is 8.25. The molecule has 0 spiro atoms. The first-order valence-corrected chi connectivity index (χ1v) is 7.04. The Morgan fingerprint density at radius 1 is 1.33 bits per heavy atom. The van der Waals surface area contributed by atoms with E-state index in [1.54, 1.807) is 13.8 Å². The molecule has 18 heavy (non-hydrogen) atoms. The van der Waals surface area contributed by atoms with Crippen LogP contribution in [0, 0.1) is 11.9 Å². The number of pyridine rings is 1. The molecule has 1 aliphatic heterocycles. The van der Waals surface area contributed by atoms with E-state index in [1.165, 1.54) is 4.31 Å². The van der Waals surface area contributed by atoms with Gasteiger partial charge in [-0.25, -0.2) is 8.42 Å². The predicted octanol–water partition coefficient (Wildman–Crippen LogP) is 1.92. The lowest BCUT2D eigenvalue weighted by molar-refractivity contribution is 0.290. The number of rotatable bonds is 2. The highest BCUT2D eigenvalue weighted by Crippen LogP contribution is 2.34. The standard InChI is InChI=1S/C11H14F2N2O2S/c1-11(2)6-3-7-15(11)18(16,17)8-4-5-9(12)14-10(8)13/h4-5H,3,6-7H2,1-2H3. The second-order valence-electron chi connectivity index (χ2n) is 4.92. The topological polar surface area (TPSA) is 50.3 Å². The molecule has 1 fully saturated rings. The normalized spacial score (nSPS) is 20.2. The van der Waals surface area contributed by atoms with E-state index in [2.05, 4.69) is 4.98 Å². The highest BCUT2D eigenvalue weighted by molar-refractivity contribution is 7.89. The first-order valence-electron chi connectivity index (χ1n) is 5.60. The fourth-order valence-electron chi connectivity index (χ4n) is 2.24. The number of sulfonamides is 1. The molecule has 0 aliphatic carbocycles. The van der Waals surface area contributed by atoms with Gasteiger partial charge in [0.25, 0.3) is 0 Å². The summed E-state index contributed by atoms with van der Waals surface area (Å²) < 4.78 is 52.1. The van der Waals surface area contributed by atoms with Crippen molar-refractivity contribution in [3.8, 4) is 0 Å². The average molecular weight is 276 g/mol. The largest absolute Gasteiger partial charge is 0.248 e. The maximum Gasteiger partial charge on any atom is 0.248 e. The molecule has 0 unspecified atom stereocenters. The molecule has 100 valence electrons. The fourth-order valence-corrected chi connectivity index (χ4v) is 4.09. The Kier molecular flexibility index (Phi) is 3.14. The van der Waals surface area contributed by atoms with Crippen LogP contribution in [0.3, 0.4) is 0 Å². The summed E-state index contributed by atoms with van der Waals surface area (Å²) in [7, 11) is -3.96. The maximum absolute atomic E-state index is 13.5. The molecular formula is C11H14F2N2O2S. The summed E-state index contributed by atoms with van der Waals surface area (Å²) in [5, 5.41) is 0. The smallest absolute Gasteiger partial charge is 0.207 e. The molecule has 0 bridgehead atoms. The summed E-state index contributed by atoms with van der Waals surface area (Å²) in [6, 6.07) is 1.76. The van der Waals surface area contributed by atoms with Gasteiger partial charge in [-0.1, -0.05) is 0 Å². The van der Waals surface area contributed by atoms with E-state index in [1.807, 2.05) is 0 Å². The molecular weight excluding hydrogens is 262 g/mol. The van der Waals surface area contributed by atoms with Crippen LogP contribution >= 0.6 is 0 Å². The van der Waals surface area contributed by atoms with Crippen molar-refractivity contribution in [2.24, 2.45) is 0 Å². The quantitative estimate of drug-likeness (QED) is 0.775. The van der Waals surface area contributed by atoms with Crippen LogP contribution < -0.4 is 0 Å². The third-order valence-corrected chi connectivity index (χ3v) is 5.29. The molecule has 0 radical (unpaired) electrons. The second kappa shape index (κ2) is 4.24. The first kappa shape index (κ1) is 13.4. The summed E-state index contributed by atoms with van der Waals surface area (Å²) in [5.41, 5.74) is -0.556. The molecule has 2 heterocycles. The summed E-state index contributed by atoms with van der Waals surface area (Å²) in [6.45, 7) is 3.91. The van der Waals surface area contributed by atoms with Crippen LogP contribution in [0.25, 0.3) is 0 Å². The Bertz CT molecular complexity index is 572. The van der Waals surface area contributed by atoms with Gasteiger partial charge in [-0.3, -0.25) is 0 Å². The van der Waals surface area contributed by atoms with Gasteiger partial charge in [0.2, 0.25) is 21.9 Å². The monoisotopic (exact) mass is 276 g/mol. The molecule has 1 aromatic rings. The lowest BCUT2D eigenvalue weighted by Crippen LogP contribution is -2.42. The van der Waals surface area contributed by atoms with Crippen molar-refractivity contribution >= 4 is 10.0 Å². The van der Waals surface area contributed by atoms with Crippen LogP contribution in [-0.4, -0.2) is 29.8 Å². The molecule has 0 N–H and O–H groups in total. The average Bonchev–Trinajstić information content (AvgIpc) is 2.58. The Morgan fingerprint density at radius 2 is 2.00 bits per heavy atom. The third kappa shape index (κ3) is 2.12. The highest BCUT2D eigenvalue weighted by atomic mass is 32.2. The van der Waals surface area contributed by atoms with Gasteiger partial charge < -0.3 is 0 Å². The van der Waals surface area contributed by atoms with Crippen molar-refractivity contribution in [2.45, 2.75) is 37.1 Å². The third-order valence-electron chi connectivity index (χ3n) is 3.17. The fraction of sp³-hybridized carbons (Fsp3) is 0.545. The Balaban J connectivity index is 2.49. The number of hydrogen-bond acceptors (Lipinski definition) is 3. The molecule has 0 amide bonds. The summed E-state index contributed by atoms with van der Waals surface area (Å²) >= 11 is 0. The molecule has 1 aliphatic rings. The zero-order valence-corrected chi connectivity index (χ0v) is 11.0. The molecule has 1 aromatic heterocycles. The number of halogens is 2. The van der Waals surface area contributed by atoms with E-state index in [0.29, 0.717) is 13.0 Å². The molecule has 2 rings (SSSR count). The van der Waals surface area contributed by atoms with Crippen LogP contribution in [0.5, 0.6) is 0 Å². The van der Waals surface area contributed by atoms with E-state index in [-0.39, 0.29) is 0 Å². The van der Waals surface area contributed by atoms with Crippen LogP contribution in [0.15, 0.2) is 17.0 Å². The molecule has 0 saturated carbocycles. The lowest BCUT2D eigenvalue weighted by Gasteiger charge is -2.30. The Hall–Kier alpha value is -1.08. The van der Waals surface area contributed by atoms with Crippen LogP contribution in [0.4, 0.5) is 8.78 Å². The number of nitrogens with zero attached hydrogens (tertiary/aromatic N) is 2. The summed E-state index contributed by atoms with van der Waals surface area (Å²) in [4.78, 5) is 2.35. The molecule has 4 nitrogen and oxygen atoms in total. The van der Waals surface area contributed by atoms with Gasteiger partial charge in [-0.2, -0.15) is 18.1 Å². The van der Waals surface area contributed by atoms with E-state index in [0.717, 1.165) is 18.6 Å². The minimum absolute atomic E-state index is 0.339. The van der Waals surface area contributed by atoms with Crippen LogP contribution in [0.1, 0.15) is 26.7 Å². The van der Waals surface area contributed by atoms with Gasteiger partial charge >= 0.3 is 0 Å². The van der Waals surface area contributed by atoms with E-state index >= 15 is 0 Å². The van der Waals surface area contributed by atoms with Crippen molar-refractivity contribution in [2.75, 3.05) is 6.54 Å². The Labute approximate surface area is 105 Å². The Morgan fingerprint density at radius 3 is 2.50 bits per heavy atom. The van der Waals surface area contributed by atoms with Gasteiger partial charge in [-0.05, 0) is 38.8 Å². The molecule has 0 atom stereocenters. The number of aromatic nitrogens is 1. The van der Waals surface area contributed by atoms with Crippen LogP contribution in [-0.2, 0) is 10.0 Å². The summed E-state index contributed by atoms with van der Waals surface area (Å²) in [6.07, 6.45) is 1.44. The lowest BCUT2D eigenvalue weighted by atomic mass is 10.0. The SMILES string of the molecule is CC1(C)CCCN1S(=O)(=O)c1ccc(F)nc1F. The zero-order chi connectivity index (χ0) is 13.6. The predicted molar refractivity (Wildman–Crippen MR) is 61.4 cm³/mol. The minimum Gasteiger partial charge on any atom is -0.207 e. The van der Waals surface area contributed by atoms with Gasteiger partial charge in [0.1, 0.15) is 4.90 Å². The van der Waals surface area contributed by atoms with E-state index in [4.69, 9.17) is 0 Å². The van der Waals surface area contributed by atoms with Gasteiger partial charge in [0, 0.05) is 12.1 Å². The van der Waals surface area contributed by atoms with Crippen LogP contribution in [0.2, 0.25) is 0 Å². The van der Waals surface area contributed by atoms with Gasteiger partial charge in [0.05, 0.1) is 0 Å². The second-order valence-corrected chi connectivity index (χ2v) is 6.75. The molecule has 7 heteroatoms. The summed E-state index contributed by atoms with van der Waals surface area (Å²) in [5.74, 6) is -2.33. The zero-order valence-electron chi connectivity index (χ0n) is 10.2. The minimum atomic E-state index is -3.96. The van der Waals surface area contributed by atoms with Crippen molar-refractivity contribution in [3.63, 3.8) is 0 Å². The van der Waals surface area contributed by atoms with Crippen molar-refractivity contribution in [1.29, 1.82) is 0 Å². The molecule has 1 saturated heterocycles. The van der Waals surface area contributed by atoms with Gasteiger partial charge in [0.15, 0.2) is 0 Å². The maximum atomic E-state index is 13.5. The van der Waals surface area contributed by atoms with E-state index in [9.17, 15) is 17.2 Å². The van der Waals surface area contributed by atoms with E-state index < -0.39 is 32.4 Å². The highest BCUT2D eigenvalue weighted by Gasteiger charge is 2.42. The van der Waals surface area contributed by atoms with Crippen molar-refractivity contribution < 1.29 is 17.2 Å².